The third-order valence-corrected chi connectivity index (χ3v) is 4.04. The highest BCUT2D eigenvalue weighted by molar-refractivity contribution is 7.98. The number of rotatable bonds is 3. The fraction of sp³-hybridized carbons (Fsp3) is 0.0667. The molecule has 0 saturated carbocycles. The molecule has 0 aliphatic heterocycles. The molecular weight excluding hydrogens is 302 g/mol. The van der Waals surface area contributed by atoms with Crippen LogP contribution in [-0.4, -0.2) is 6.26 Å². The standard InChI is InChI=1S/C15H11Cl2FS/c1-19-11-7-5-10(6-8-11)15(18)9-12-13(16)3-2-4-14(12)17/h2-9H,1H3/b15-9+. The van der Waals surface area contributed by atoms with E-state index in [9.17, 15) is 4.39 Å². The van der Waals surface area contributed by atoms with Gasteiger partial charge in [0.1, 0.15) is 5.83 Å². The Morgan fingerprint density at radius 1 is 1.05 bits per heavy atom. The zero-order valence-corrected chi connectivity index (χ0v) is 12.5. The van der Waals surface area contributed by atoms with Crippen LogP contribution < -0.4 is 0 Å². The Balaban J connectivity index is 2.37. The van der Waals surface area contributed by atoms with Gasteiger partial charge in [0.25, 0.3) is 0 Å². The Bertz CT molecular complexity index is 586. The van der Waals surface area contributed by atoms with Crippen molar-refractivity contribution in [2.24, 2.45) is 0 Å². The maximum Gasteiger partial charge on any atom is 0.131 e. The average Bonchev–Trinajstić information content (AvgIpc) is 2.43. The molecule has 19 heavy (non-hydrogen) atoms. The molecule has 0 spiro atoms. The second kappa shape index (κ2) is 6.47. The first kappa shape index (κ1) is 14.4. The van der Waals surface area contributed by atoms with Crippen LogP contribution in [0.25, 0.3) is 11.9 Å². The van der Waals surface area contributed by atoms with Crippen molar-refractivity contribution in [1.29, 1.82) is 0 Å². The van der Waals surface area contributed by atoms with E-state index in [1.54, 1.807) is 42.1 Å². The molecule has 0 amide bonds. The third kappa shape index (κ3) is 3.53. The van der Waals surface area contributed by atoms with Gasteiger partial charge in [-0.3, -0.25) is 0 Å². The van der Waals surface area contributed by atoms with Crippen molar-refractivity contribution in [3.8, 4) is 0 Å². The molecule has 0 N–H and O–H groups in total. The van der Waals surface area contributed by atoms with Crippen LogP contribution in [0.15, 0.2) is 47.4 Å². The summed E-state index contributed by atoms with van der Waals surface area (Å²) < 4.78 is 14.2. The Kier molecular flexibility index (Phi) is 4.92. The molecule has 98 valence electrons. The summed E-state index contributed by atoms with van der Waals surface area (Å²) >= 11 is 13.6. The molecule has 0 saturated heterocycles. The molecule has 0 unspecified atom stereocenters. The molecule has 0 atom stereocenters. The van der Waals surface area contributed by atoms with Gasteiger partial charge in [0, 0.05) is 26.1 Å². The molecule has 0 aliphatic rings. The molecule has 2 rings (SSSR count). The van der Waals surface area contributed by atoms with Gasteiger partial charge in [0.05, 0.1) is 0 Å². The van der Waals surface area contributed by atoms with Crippen molar-refractivity contribution in [3.05, 3.63) is 63.6 Å². The highest BCUT2D eigenvalue weighted by Crippen LogP contribution is 2.30. The molecule has 0 nitrogen and oxygen atoms in total. The highest BCUT2D eigenvalue weighted by atomic mass is 35.5. The molecule has 0 aliphatic carbocycles. The minimum atomic E-state index is -0.359. The van der Waals surface area contributed by atoms with Gasteiger partial charge in [-0.1, -0.05) is 41.4 Å². The lowest BCUT2D eigenvalue weighted by molar-refractivity contribution is 0.765. The lowest BCUT2D eigenvalue weighted by Gasteiger charge is -2.03. The molecule has 2 aromatic carbocycles. The molecular formula is C15H11Cl2FS. The van der Waals surface area contributed by atoms with Crippen LogP contribution in [0.1, 0.15) is 11.1 Å². The number of benzene rings is 2. The lowest BCUT2D eigenvalue weighted by Crippen LogP contribution is -1.82. The predicted molar refractivity (Wildman–Crippen MR) is 83.7 cm³/mol. The third-order valence-electron chi connectivity index (χ3n) is 2.64. The minimum absolute atomic E-state index is 0.359. The Hall–Kier alpha value is -0.960. The van der Waals surface area contributed by atoms with Gasteiger partial charge in [0.15, 0.2) is 0 Å². The van der Waals surface area contributed by atoms with Gasteiger partial charge >= 0.3 is 0 Å². The van der Waals surface area contributed by atoms with Crippen molar-refractivity contribution < 1.29 is 4.39 Å². The van der Waals surface area contributed by atoms with Gasteiger partial charge < -0.3 is 0 Å². The summed E-state index contributed by atoms with van der Waals surface area (Å²) in [7, 11) is 0. The van der Waals surface area contributed by atoms with Crippen LogP contribution in [0.3, 0.4) is 0 Å². The van der Waals surface area contributed by atoms with Crippen molar-refractivity contribution >= 4 is 46.9 Å². The normalized spacial score (nSPS) is 11.7. The van der Waals surface area contributed by atoms with Crippen molar-refractivity contribution in [2.75, 3.05) is 6.26 Å². The largest absolute Gasteiger partial charge is 0.206 e. The van der Waals surface area contributed by atoms with Gasteiger partial charge in [-0.2, -0.15) is 0 Å². The molecule has 0 heterocycles. The topological polar surface area (TPSA) is 0 Å². The highest BCUT2D eigenvalue weighted by Gasteiger charge is 2.06. The summed E-state index contributed by atoms with van der Waals surface area (Å²) in [5.41, 5.74) is 1.01. The van der Waals surface area contributed by atoms with Gasteiger partial charge in [0.2, 0.25) is 0 Å². The number of hydrogen-bond acceptors (Lipinski definition) is 1. The first-order valence-corrected chi connectivity index (χ1v) is 7.55. The van der Waals surface area contributed by atoms with E-state index in [-0.39, 0.29) is 5.83 Å². The summed E-state index contributed by atoms with van der Waals surface area (Å²) in [5, 5.41) is 0.867. The number of halogens is 3. The van der Waals surface area contributed by atoms with Crippen molar-refractivity contribution in [1.82, 2.24) is 0 Å². The summed E-state index contributed by atoms with van der Waals surface area (Å²) in [4.78, 5) is 1.09. The molecule has 0 aromatic heterocycles. The quantitative estimate of drug-likeness (QED) is 0.481. The van der Waals surface area contributed by atoms with E-state index in [1.807, 2.05) is 18.4 Å². The van der Waals surface area contributed by atoms with E-state index in [0.717, 1.165) is 4.90 Å². The maximum absolute atomic E-state index is 14.2. The Morgan fingerprint density at radius 3 is 2.16 bits per heavy atom. The fourth-order valence-corrected chi connectivity index (χ4v) is 2.52. The molecule has 4 heteroatoms. The smallest absolute Gasteiger partial charge is 0.131 e. The molecule has 0 radical (unpaired) electrons. The second-order valence-corrected chi connectivity index (χ2v) is 5.55. The van der Waals surface area contributed by atoms with Crippen LogP contribution in [-0.2, 0) is 0 Å². The maximum atomic E-state index is 14.2. The Morgan fingerprint density at radius 2 is 1.63 bits per heavy atom. The summed E-state index contributed by atoms with van der Waals surface area (Å²) in [6.45, 7) is 0. The zero-order valence-electron chi connectivity index (χ0n) is 10.2. The fourth-order valence-electron chi connectivity index (χ4n) is 1.61. The minimum Gasteiger partial charge on any atom is -0.206 e. The summed E-state index contributed by atoms with van der Waals surface area (Å²) in [6.07, 6.45) is 3.34. The zero-order chi connectivity index (χ0) is 13.8. The van der Waals surface area contributed by atoms with E-state index < -0.39 is 0 Å². The van der Waals surface area contributed by atoms with E-state index in [0.29, 0.717) is 21.2 Å². The molecule has 0 fully saturated rings. The van der Waals surface area contributed by atoms with Crippen LogP contribution >= 0.6 is 35.0 Å². The van der Waals surface area contributed by atoms with Crippen molar-refractivity contribution in [2.45, 2.75) is 4.90 Å². The number of thioether (sulfide) groups is 1. The van der Waals surface area contributed by atoms with Crippen LogP contribution in [0, 0.1) is 0 Å². The first-order valence-electron chi connectivity index (χ1n) is 5.57. The Labute approximate surface area is 126 Å². The van der Waals surface area contributed by atoms with Crippen molar-refractivity contribution in [3.63, 3.8) is 0 Å². The van der Waals surface area contributed by atoms with Gasteiger partial charge in [-0.25, -0.2) is 4.39 Å². The van der Waals surface area contributed by atoms with Gasteiger partial charge in [-0.15, -0.1) is 11.8 Å². The molecule has 2 aromatic rings. The molecule has 0 bridgehead atoms. The van der Waals surface area contributed by atoms with E-state index in [4.69, 9.17) is 23.2 Å². The van der Waals surface area contributed by atoms with E-state index in [1.165, 1.54) is 6.08 Å². The average molecular weight is 313 g/mol. The van der Waals surface area contributed by atoms with E-state index >= 15 is 0 Å². The van der Waals surface area contributed by atoms with E-state index in [2.05, 4.69) is 0 Å². The number of hydrogen-bond donors (Lipinski definition) is 0. The first-order chi connectivity index (χ1) is 9.11. The summed E-state index contributed by atoms with van der Waals surface area (Å²) in [5.74, 6) is -0.359. The summed E-state index contributed by atoms with van der Waals surface area (Å²) in [6, 6.07) is 12.3. The van der Waals surface area contributed by atoms with Crippen LogP contribution in [0.5, 0.6) is 0 Å². The van der Waals surface area contributed by atoms with Crippen LogP contribution in [0.4, 0.5) is 4.39 Å². The monoisotopic (exact) mass is 312 g/mol. The SMILES string of the molecule is CSc1ccc(/C(F)=C\c2c(Cl)cccc2Cl)cc1. The predicted octanol–water partition coefficient (Wildman–Crippen LogP) is 6.18. The second-order valence-electron chi connectivity index (χ2n) is 3.86. The van der Waals surface area contributed by atoms with Gasteiger partial charge in [-0.05, 0) is 36.6 Å². The lowest BCUT2D eigenvalue weighted by atomic mass is 10.1. The van der Waals surface area contributed by atoms with Crippen LogP contribution in [0.2, 0.25) is 10.0 Å².